The maximum atomic E-state index is 12.2. The summed E-state index contributed by atoms with van der Waals surface area (Å²) >= 11 is 0. The molecule has 2 aromatic rings. The van der Waals surface area contributed by atoms with Gasteiger partial charge in [0, 0.05) is 6.20 Å². The van der Waals surface area contributed by atoms with Crippen LogP contribution in [0.4, 0.5) is 13.2 Å². The van der Waals surface area contributed by atoms with Gasteiger partial charge in [-0.1, -0.05) is 0 Å². The van der Waals surface area contributed by atoms with E-state index in [-0.39, 0.29) is 5.65 Å². The smallest absolute Gasteiger partial charge is 0.251 e. The molecule has 6 heteroatoms. The molecule has 0 aliphatic rings. The maximum Gasteiger partial charge on any atom is 0.434 e. The van der Waals surface area contributed by atoms with Crippen molar-refractivity contribution in [3.05, 3.63) is 30.2 Å². The fourth-order valence-electron chi connectivity index (χ4n) is 0.986. The number of alkyl halides is 3. The average molecular weight is 199 g/mol. The Bertz CT molecular complexity index is 467. The van der Waals surface area contributed by atoms with Crippen molar-refractivity contribution in [3.8, 4) is 0 Å². The Morgan fingerprint density at radius 1 is 1.14 bits per heavy atom. The number of halogens is 3. The lowest BCUT2D eigenvalue weighted by molar-refractivity contribution is -0.141. The number of hydrogen-bond acceptors (Lipinski definition) is 3. The number of aromatic nitrogens is 3. The van der Waals surface area contributed by atoms with Crippen LogP contribution >= 0.6 is 0 Å². The van der Waals surface area contributed by atoms with E-state index in [1.54, 1.807) is 12.1 Å². The summed E-state index contributed by atoms with van der Waals surface area (Å²) in [6, 6.07) is 3.14. The zero-order valence-corrected chi connectivity index (χ0v) is 6.78. The Balaban J connectivity index is 2.63. The molecular weight excluding hydrogens is 195 g/mol. The number of nitrogens with zero attached hydrogens (tertiary/aromatic N) is 3. The molecule has 0 aromatic carbocycles. The summed E-state index contributed by atoms with van der Waals surface area (Å²) in [5, 5.41) is 0. The van der Waals surface area contributed by atoms with Gasteiger partial charge in [0.05, 0.1) is 6.20 Å². The van der Waals surface area contributed by atoms with Crippen molar-refractivity contribution in [2.24, 2.45) is 0 Å². The van der Waals surface area contributed by atoms with Gasteiger partial charge in [0.25, 0.3) is 0 Å². The van der Waals surface area contributed by atoms with Gasteiger partial charge in [0.15, 0.2) is 11.3 Å². The van der Waals surface area contributed by atoms with Crippen LogP contribution in [0.1, 0.15) is 5.69 Å². The highest BCUT2D eigenvalue weighted by atomic mass is 19.4. The Morgan fingerprint density at radius 2 is 1.93 bits per heavy atom. The lowest BCUT2D eigenvalue weighted by atomic mass is 10.4. The molecule has 0 saturated carbocycles. The van der Waals surface area contributed by atoms with Gasteiger partial charge in [-0.25, -0.2) is 9.97 Å². The quantitative estimate of drug-likeness (QED) is 0.651. The third kappa shape index (κ3) is 1.50. The molecule has 0 saturated heterocycles. The predicted octanol–water partition coefficient (Wildman–Crippen LogP) is 2.04. The molecule has 0 spiro atoms. The Hall–Kier alpha value is -1.72. The van der Waals surface area contributed by atoms with Crippen LogP contribution in [0.2, 0.25) is 0 Å². The van der Waals surface area contributed by atoms with Crippen molar-refractivity contribution in [1.29, 1.82) is 0 Å². The molecule has 2 rings (SSSR count). The highest BCUT2D eigenvalue weighted by molar-refractivity contribution is 5.68. The van der Waals surface area contributed by atoms with E-state index in [9.17, 15) is 13.2 Å². The molecule has 0 radical (unpaired) electrons. The monoisotopic (exact) mass is 199 g/mol. The normalized spacial score (nSPS) is 11.9. The van der Waals surface area contributed by atoms with Crippen molar-refractivity contribution in [2.45, 2.75) is 6.18 Å². The molecule has 0 unspecified atom stereocenters. The second kappa shape index (κ2) is 2.90. The largest absolute Gasteiger partial charge is 0.434 e. The first-order valence-corrected chi connectivity index (χ1v) is 3.72. The minimum atomic E-state index is -4.47. The molecule has 0 atom stereocenters. The molecule has 3 nitrogen and oxygen atoms in total. The minimum absolute atomic E-state index is 0.00215. The van der Waals surface area contributed by atoms with Crippen LogP contribution in [0, 0.1) is 0 Å². The van der Waals surface area contributed by atoms with E-state index in [1.807, 2.05) is 0 Å². The average Bonchev–Trinajstić information content (AvgIpc) is 2.16. The Morgan fingerprint density at radius 3 is 2.64 bits per heavy atom. The first-order valence-electron chi connectivity index (χ1n) is 3.72. The second-order valence-corrected chi connectivity index (χ2v) is 2.60. The molecule has 0 N–H and O–H groups in total. The van der Waals surface area contributed by atoms with Crippen LogP contribution in [0.15, 0.2) is 24.5 Å². The first kappa shape index (κ1) is 8.86. The van der Waals surface area contributed by atoms with Crippen molar-refractivity contribution in [1.82, 2.24) is 15.0 Å². The molecule has 2 aromatic heterocycles. The standard InChI is InChI=1S/C8H4F3N3/c9-8(10,11)6-4-13-5-2-1-3-12-7(5)14-6/h1-4H. The van der Waals surface area contributed by atoms with E-state index in [0.717, 1.165) is 0 Å². The highest BCUT2D eigenvalue weighted by Gasteiger charge is 2.33. The third-order valence-electron chi connectivity index (χ3n) is 1.61. The Kier molecular flexibility index (Phi) is 1.83. The van der Waals surface area contributed by atoms with Gasteiger partial charge in [-0.05, 0) is 12.1 Å². The number of rotatable bonds is 0. The van der Waals surface area contributed by atoms with E-state index < -0.39 is 11.9 Å². The van der Waals surface area contributed by atoms with E-state index >= 15 is 0 Å². The summed E-state index contributed by atoms with van der Waals surface area (Å²) in [6.45, 7) is 0. The Labute approximate surface area is 76.6 Å². The summed E-state index contributed by atoms with van der Waals surface area (Å²) < 4.78 is 36.6. The topological polar surface area (TPSA) is 38.7 Å². The van der Waals surface area contributed by atoms with Gasteiger partial charge < -0.3 is 0 Å². The third-order valence-corrected chi connectivity index (χ3v) is 1.61. The molecule has 0 fully saturated rings. The lowest BCUT2D eigenvalue weighted by Crippen LogP contribution is -2.08. The lowest BCUT2D eigenvalue weighted by Gasteiger charge is -2.04. The summed E-state index contributed by atoms with van der Waals surface area (Å²) in [5.74, 6) is 0. The summed E-state index contributed by atoms with van der Waals surface area (Å²) in [5.41, 5.74) is -0.675. The highest BCUT2D eigenvalue weighted by Crippen LogP contribution is 2.27. The molecule has 72 valence electrons. The van der Waals surface area contributed by atoms with Gasteiger partial charge in [0.1, 0.15) is 5.52 Å². The van der Waals surface area contributed by atoms with Gasteiger partial charge in [-0.15, -0.1) is 0 Å². The van der Waals surface area contributed by atoms with Gasteiger partial charge in [-0.2, -0.15) is 13.2 Å². The van der Waals surface area contributed by atoms with E-state index in [1.165, 1.54) is 6.20 Å². The van der Waals surface area contributed by atoms with Gasteiger partial charge in [-0.3, -0.25) is 4.98 Å². The van der Waals surface area contributed by atoms with Crippen molar-refractivity contribution in [2.75, 3.05) is 0 Å². The van der Waals surface area contributed by atoms with Crippen molar-refractivity contribution in [3.63, 3.8) is 0 Å². The van der Waals surface area contributed by atoms with Crippen LogP contribution < -0.4 is 0 Å². The maximum absolute atomic E-state index is 12.2. The van der Waals surface area contributed by atoms with E-state index in [2.05, 4.69) is 15.0 Å². The second-order valence-electron chi connectivity index (χ2n) is 2.60. The van der Waals surface area contributed by atoms with Crippen molar-refractivity contribution >= 4 is 11.2 Å². The van der Waals surface area contributed by atoms with Crippen LogP contribution in [0.25, 0.3) is 11.2 Å². The minimum Gasteiger partial charge on any atom is -0.251 e. The molecule has 2 heterocycles. The fourth-order valence-corrected chi connectivity index (χ4v) is 0.986. The number of fused-ring (bicyclic) bond motifs is 1. The molecule has 14 heavy (non-hydrogen) atoms. The SMILES string of the molecule is FC(F)(F)c1cnc2cccnc2n1. The van der Waals surface area contributed by atoms with Gasteiger partial charge >= 0.3 is 6.18 Å². The van der Waals surface area contributed by atoms with Crippen LogP contribution in [0.3, 0.4) is 0 Å². The van der Waals surface area contributed by atoms with Crippen LogP contribution in [0.5, 0.6) is 0 Å². The molecule has 0 amide bonds. The summed E-state index contributed by atoms with van der Waals surface area (Å²) in [6.07, 6.45) is -2.40. The first-order chi connectivity index (χ1) is 6.57. The summed E-state index contributed by atoms with van der Waals surface area (Å²) in [7, 11) is 0. The zero-order valence-electron chi connectivity index (χ0n) is 6.78. The predicted molar refractivity (Wildman–Crippen MR) is 42.3 cm³/mol. The van der Waals surface area contributed by atoms with Crippen LogP contribution in [-0.4, -0.2) is 15.0 Å². The van der Waals surface area contributed by atoms with Crippen LogP contribution in [-0.2, 0) is 6.18 Å². The molecule has 0 aliphatic heterocycles. The molecule has 0 aliphatic carbocycles. The summed E-state index contributed by atoms with van der Waals surface area (Å²) in [4.78, 5) is 10.6. The van der Waals surface area contributed by atoms with Crippen molar-refractivity contribution < 1.29 is 13.2 Å². The molecular formula is C8H4F3N3. The van der Waals surface area contributed by atoms with E-state index in [0.29, 0.717) is 11.7 Å². The van der Waals surface area contributed by atoms with E-state index in [4.69, 9.17) is 0 Å². The van der Waals surface area contributed by atoms with Gasteiger partial charge in [0.2, 0.25) is 0 Å². The fraction of sp³-hybridized carbons (Fsp3) is 0.125. The number of hydrogen-bond donors (Lipinski definition) is 0. The zero-order chi connectivity index (χ0) is 10.2. The molecule has 0 bridgehead atoms. The number of pyridine rings is 1.